The molecule has 0 radical (unpaired) electrons. The monoisotopic (exact) mass is 197 g/mol. The van der Waals surface area contributed by atoms with E-state index in [0.29, 0.717) is 17.8 Å². The van der Waals surface area contributed by atoms with Crippen LogP contribution in [0.1, 0.15) is 10.4 Å². The Bertz CT molecular complexity index is 338. The first-order valence-corrected chi connectivity index (χ1v) is 3.88. The van der Waals surface area contributed by atoms with E-state index in [4.69, 9.17) is 14.7 Å². The highest BCUT2D eigenvalue weighted by Crippen LogP contribution is 2.33. The van der Waals surface area contributed by atoms with Crippen LogP contribution in [0.5, 0.6) is 11.5 Å². The van der Waals surface area contributed by atoms with Crippen molar-refractivity contribution >= 4 is 12.0 Å². The predicted octanol–water partition coefficient (Wildman–Crippen LogP) is 1.32. The van der Waals surface area contributed by atoms with Crippen LogP contribution in [0.15, 0.2) is 12.1 Å². The molecule has 0 unspecified atom stereocenters. The number of anilines is 1. The van der Waals surface area contributed by atoms with Crippen LogP contribution in [-0.4, -0.2) is 25.7 Å². The predicted molar refractivity (Wildman–Crippen MR) is 50.3 cm³/mol. The number of nitrogens with one attached hydrogen (secondary N) is 1. The summed E-state index contributed by atoms with van der Waals surface area (Å²) in [6.07, 6.45) is 0.583. The maximum Gasteiger partial charge on any atom is 0.156 e. The Morgan fingerprint density at radius 2 is 1.86 bits per heavy atom. The molecular formula is C9H11NO4. The molecule has 0 aliphatic heterocycles. The van der Waals surface area contributed by atoms with Crippen LogP contribution in [0, 0.1) is 0 Å². The van der Waals surface area contributed by atoms with Crippen LogP contribution < -0.4 is 15.0 Å². The Labute approximate surface area is 81.2 Å². The molecule has 76 valence electrons. The average molecular weight is 197 g/mol. The van der Waals surface area contributed by atoms with E-state index in [1.165, 1.54) is 14.2 Å². The van der Waals surface area contributed by atoms with E-state index >= 15 is 0 Å². The van der Waals surface area contributed by atoms with Gasteiger partial charge in [-0.3, -0.25) is 15.5 Å². The van der Waals surface area contributed by atoms with Gasteiger partial charge in [0.1, 0.15) is 17.2 Å². The molecule has 1 aromatic rings. The number of methoxy groups -OCH3 is 2. The smallest absolute Gasteiger partial charge is 0.156 e. The lowest BCUT2D eigenvalue weighted by atomic mass is 10.1. The van der Waals surface area contributed by atoms with Gasteiger partial charge in [-0.25, -0.2) is 0 Å². The first-order chi connectivity index (χ1) is 6.78. The molecule has 5 heteroatoms. The molecule has 0 aliphatic carbocycles. The van der Waals surface area contributed by atoms with Crippen molar-refractivity contribution in [3.05, 3.63) is 17.7 Å². The molecule has 1 aromatic carbocycles. The van der Waals surface area contributed by atoms with E-state index in [2.05, 4.69) is 0 Å². The molecule has 0 bridgehead atoms. The summed E-state index contributed by atoms with van der Waals surface area (Å²) < 4.78 is 9.88. The third-order valence-corrected chi connectivity index (χ3v) is 1.84. The normalized spacial score (nSPS) is 9.36. The molecule has 0 aliphatic rings. The van der Waals surface area contributed by atoms with Crippen LogP contribution in [0.4, 0.5) is 5.69 Å². The first-order valence-electron chi connectivity index (χ1n) is 3.88. The molecule has 0 aromatic heterocycles. The molecule has 0 atom stereocenters. The van der Waals surface area contributed by atoms with E-state index in [9.17, 15) is 4.79 Å². The Kier molecular flexibility index (Phi) is 3.30. The lowest BCUT2D eigenvalue weighted by Crippen LogP contribution is -2.01. The molecule has 0 saturated heterocycles. The number of ether oxygens (including phenoxy) is 2. The summed E-state index contributed by atoms with van der Waals surface area (Å²) in [7, 11) is 2.88. The highest BCUT2D eigenvalue weighted by Gasteiger charge is 2.13. The molecule has 14 heavy (non-hydrogen) atoms. The van der Waals surface area contributed by atoms with Gasteiger partial charge in [-0.2, -0.15) is 0 Å². The maximum atomic E-state index is 10.7. The van der Waals surface area contributed by atoms with Crippen molar-refractivity contribution in [1.82, 2.24) is 0 Å². The van der Waals surface area contributed by atoms with E-state index in [0.717, 1.165) is 0 Å². The minimum atomic E-state index is 0.196. The minimum Gasteiger partial charge on any atom is -0.496 e. The third kappa shape index (κ3) is 1.62. The Morgan fingerprint density at radius 1 is 1.29 bits per heavy atom. The van der Waals surface area contributed by atoms with E-state index in [1.807, 2.05) is 5.48 Å². The molecule has 1 rings (SSSR count). The second-order valence-electron chi connectivity index (χ2n) is 2.49. The topological polar surface area (TPSA) is 67.8 Å². The lowest BCUT2D eigenvalue weighted by molar-refractivity contribution is 0.112. The second-order valence-corrected chi connectivity index (χ2v) is 2.49. The van der Waals surface area contributed by atoms with Crippen LogP contribution >= 0.6 is 0 Å². The van der Waals surface area contributed by atoms with Gasteiger partial charge >= 0.3 is 0 Å². The maximum absolute atomic E-state index is 10.7. The molecule has 0 heterocycles. The summed E-state index contributed by atoms with van der Waals surface area (Å²) in [5.74, 6) is 0.743. The van der Waals surface area contributed by atoms with Gasteiger partial charge in [0.2, 0.25) is 0 Å². The van der Waals surface area contributed by atoms with Crippen LogP contribution in [-0.2, 0) is 0 Å². The highest BCUT2D eigenvalue weighted by atomic mass is 16.5. The van der Waals surface area contributed by atoms with Crippen LogP contribution in [0.3, 0.4) is 0 Å². The zero-order valence-corrected chi connectivity index (χ0v) is 7.90. The number of carbonyl (C=O) groups excluding carboxylic acids is 1. The van der Waals surface area contributed by atoms with Crippen molar-refractivity contribution in [2.75, 3.05) is 19.7 Å². The minimum absolute atomic E-state index is 0.196. The molecule has 0 amide bonds. The SMILES string of the molecule is COc1ccc(OC)c(NO)c1C=O. The third-order valence-electron chi connectivity index (χ3n) is 1.84. The second kappa shape index (κ2) is 4.48. The molecule has 0 fully saturated rings. The number of rotatable bonds is 4. The van der Waals surface area contributed by atoms with Crippen molar-refractivity contribution in [2.24, 2.45) is 0 Å². The average Bonchev–Trinajstić information content (AvgIpc) is 2.26. The zero-order valence-electron chi connectivity index (χ0n) is 7.90. The van der Waals surface area contributed by atoms with Crippen molar-refractivity contribution in [3.63, 3.8) is 0 Å². The molecular weight excluding hydrogens is 186 g/mol. The van der Waals surface area contributed by atoms with Gasteiger partial charge in [-0.05, 0) is 12.1 Å². The van der Waals surface area contributed by atoms with Crippen molar-refractivity contribution in [1.29, 1.82) is 0 Å². The Balaban J connectivity index is 3.35. The fraction of sp³-hybridized carbons (Fsp3) is 0.222. The number of hydrogen-bond donors (Lipinski definition) is 2. The van der Waals surface area contributed by atoms with E-state index < -0.39 is 0 Å². The summed E-state index contributed by atoms with van der Waals surface area (Å²) in [5.41, 5.74) is 2.32. The number of aldehydes is 1. The van der Waals surface area contributed by atoms with Gasteiger partial charge in [0.25, 0.3) is 0 Å². The van der Waals surface area contributed by atoms with Crippen LogP contribution in [0.2, 0.25) is 0 Å². The Morgan fingerprint density at radius 3 is 2.29 bits per heavy atom. The summed E-state index contributed by atoms with van der Waals surface area (Å²) in [5, 5.41) is 8.84. The van der Waals surface area contributed by atoms with Crippen LogP contribution in [0.25, 0.3) is 0 Å². The van der Waals surface area contributed by atoms with Crippen molar-refractivity contribution < 1.29 is 19.5 Å². The number of benzene rings is 1. The largest absolute Gasteiger partial charge is 0.496 e. The molecule has 0 saturated carbocycles. The summed E-state index contributed by atoms with van der Waals surface area (Å²) >= 11 is 0. The molecule has 5 nitrogen and oxygen atoms in total. The molecule has 2 N–H and O–H groups in total. The fourth-order valence-electron chi connectivity index (χ4n) is 1.16. The lowest BCUT2D eigenvalue weighted by Gasteiger charge is -2.12. The number of carbonyl (C=O) groups is 1. The van der Waals surface area contributed by atoms with Crippen molar-refractivity contribution in [2.45, 2.75) is 0 Å². The number of hydrogen-bond acceptors (Lipinski definition) is 5. The Hall–Kier alpha value is -1.75. The standard InChI is InChI=1S/C9H11NO4/c1-13-7-3-4-8(14-2)9(10-12)6(7)5-11/h3-5,10,12H,1-2H3. The van der Waals surface area contributed by atoms with Gasteiger partial charge in [-0.15, -0.1) is 0 Å². The van der Waals surface area contributed by atoms with E-state index in [1.54, 1.807) is 12.1 Å². The van der Waals surface area contributed by atoms with Gasteiger partial charge in [0.15, 0.2) is 6.29 Å². The van der Waals surface area contributed by atoms with Gasteiger partial charge in [0.05, 0.1) is 19.8 Å². The van der Waals surface area contributed by atoms with Gasteiger partial charge in [-0.1, -0.05) is 0 Å². The van der Waals surface area contributed by atoms with Crippen molar-refractivity contribution in [3.8, 4) is 11.5 Å². The van der Waals surface area contributed by atoms with E-state index in [-0.39, 0.29) is 11.3 Å². The van der Waals surface area contributed by atoms with Gasteiger partial charge in [0, 0.05) is 0 Å². The first kappa shape index (κ1) is 10.3. The molecule has 0 spiro atoms. The fourth-order valence-corrected chi connectivity index (χ4v) is 1.16. The summed E-state index contributed by atoms with van der Waals surface area (Å²) in [4.78, 5) is 10.7. The highest BCUT2D eigenvalue weighted by molar-refractivity contribution is 5.90. The zero-order chi connectivity index (χ0) is 10.6. The van der Waals surface area contributed by atoms with Gasteiger partial charge < -0.3 is 9.47 Å². The summed E-state index contributed by atoms with van der Waals surface area (Å²) in [6.45, 7) is 0. The summed E-state index contributed by atoms with van der Waals surface area (Å²) in [6, 6.07) is 3.17. The quantitative estimate of drug-likeness (QED) is 0.562.